The Bertz CT molecular complexity index is 1890. The summed E-state index contributed by atoms with van der Waals surface area (Å²) >= 11 is 10.5. The molecule has 27 heteroatoms. The van der Waals surface area contributed by atoms with Crippen LogP contribution in [0.15, 0.2) is 0 Å². The van der Waals surface area contributed by atoms with Gasteiger partial charge in [0.15, 0.2) is 0 Å². The number of anilines is 2. The fourth-order valence-electron chi connectivity index (χ4n) is 4.98. The van der Waals surface area contributed by atoms with Crippen LogP contribution < -0.4 is 26.2 Å². The predicted molar refractivity (Wildman–Crippen MR) is 263 cm³/mol. The lowest BCUT2D eigenvalue weighted by atomic mass is 10.1. The van der Waals surface area contributed by atoms with Gasteiger partial charge in [-0.15, -0.1) is 0 Å². The molecule has 0 fully saturated rings. The highest BCUT2D eigenvalue weighted by Crippen LogP contribution is 2.39. The summed E-state index contributed by atoms with van der Waals surface area (Å²) in [4.78, 5) is 82.1. The zero-order chi connectivity index (χ0) is 45.8. The van der Waals surface area contributed by atoms with E-state index in [-0.39, 0.29) is 68.1 Å². The maximum Gasteiger partial charge on any atom is 0.258 e. The molecule has 0 aliphatic rings. The number of halogens is 6. The number of aliphatic hydroxyl groups is 9. The minimum Gasteiger partial charge on any atom is -0.394 e. The van der Waals surface area contributed by atoms with Crippen LogP contribution in [0.4, 0.5) is 11.4 Å². The summed E-state index contributed by atoms with van der Waals surface area (Å²) in [5, 5.41) is 98.0. The third kappa shape index (κ3) is 14.4. The molecule has 0 aliphatic heterocycles. The average molecular weight is 1520 g/mol. The van der Waals surface area contributed by atoms with Gasteiger partial charge in [0.2, 0.25) is 11.8 Å². The van der Waals surface area contributed by atoms with Gasteiger partial charge in [0.25, 0.3) is 23.6 Å². The first kappa shape index (κ1) is 55.4. The molecule has 334 valence electrons. The first-order valence-electron chi connectivity index (χ1n) is 17.0. The monoisotopic (exact) mass is 1520 g/mol. The highest BCUT2D eigenvalue weighted by Gasteiger charge is 2.34. The van der Waals surface area contributed by atoms with Crippen LogP contribution in [-0.2, 0) is 9.59 Å². The number of nitrogens with zero attached hydrogens (tertiary/aromatic N) is 2. The van der Waals surface area contributed by atoms with Gasteiger partial charge in [0.05, 0.1) is 105 Å². The number of carbonyl (C=O) groups excluding carboxylic acids is 6. The molecule has 0 aliphatic carbocycles. The van der Waals surface area contributed by atoms with E-state index in [1.807, 2.05) is 0 Å². The van der Waals surface area contributed by atoms with Crippen molar-refractivity contribution in [3.8, 4) is 0 Å². The van der Waals surface area contributed by atoms with Gasteiger partial charge in [-0.05, 0) is 136 Å². The van der Waals surface area contributed by atoms with E-state index in [4.69, 9.17) is 0 Å². The molecule has 4 unspecified atom stereocenters. The second kappa shape index (κ2) is 26.3. The third-order valence-electron chi connectivity index (χ3n) is 7.97. The molecule has 0 heterocycles. The summed E-state index contributed by atoms with van der Waals surface area (Å²) in [6, 6.07) is 0. The molecule has 0 bridgehead atoms. The summed E-state index contributed by atoms with van der Waals surface area (Å²) in [5.41, 5.74) is -0.619. The number of amides is 6. The van der Waals surface area contributed by atoms with E-state index in [0.29, 0.717) is 0 Å². The van der Waals surface area contributed by atoms with Gasteiger partial charge in [0.1, 0.15) is 13.3 Å². The lowest BCUT2D eigenvalue weighted by molar-refractivity contribution is -0.119. The Labute approximate surface area is 424 Å². The number of nitrogens with one attached hydrogen (secondary N) is 4. The topological polar surface area (TPSA) is 339 Å². The van der Waals surface area contributed by atoms with Gasteiger partial charge in [0, 0.05) is 33.7 Å². The van der Waals surface area contributed by atoms with Gasteiger partial charge in [-0.3, -0.25) is 28.8 Å². The van der Waals surface area contributed by atoms with Crippen LogP contribution in [0.3, 0.4) is 0 Å². The van der Waals surface area contributed by atoms with Crippen LogP contribution in [0.5, 0.6) is 0 Å². The molecule has 0 aromatic heterocycles. The van der Waals surface area contributed by atoms with E-state index in [9.17, 15) is 74.7 Å². The second-order valence-corrected chi connectivity index (χ2v) is 18.9. The van der Waals surface area contributed by atoms with E-state index in [1.54, 1.807) is 136 Å². The highest BCUT2D eigenvalue weighted by molar-refractivity contribution is 14.1. The molecule has 6 amide bonds. The lowest BCUT2D eigenvalue weighted by Crippen LogP contribution is -2.44. The van der Waals surface area contributed by atoms with Gasteiger partial charge >= 0.3 is 0 Å². The first-order chi connectivity index (χ1) is 28.1. The normalized spacial score (nSPS) is 13.1. The quantitative estimate of drug-likeness (QED) is 0.0490. The van der Waals surface area contributed by atoms with Crippen molar-refractivity contribution in [1.29, 1.82) is 0 Å². The Kier molecular flexibility index (Phi) is 24.3. The molecule has 13 N–H and O–H groups in total. The van der Waals surface area contributed by atoms with Crippen LogP contribution in [0.2, 0.25) is 0 Å². The standard InChI is InChI=1S/C33H40I6N6O15/c1-12(51)45(29-26(38)19(31(58)41-3-14(53)7-46)22(34)20(27(29)39)32(59)42-4-15(54)8-47)6-13(52)2-40-30(57)18-23(35)21(33(60)44(11-50)5-16(55)9-48)25(37)28(24(18)36)43-17(56)10-49/h13-16,46-50,52-55H,2-11H2,1H3,(H,40,57)(H,41,58)(H,42,59)(H,43,56). The van der Waals surface area contributed by atoms with E-state index >= 15 is 0 Å². The van der Waals surface area contributed by atoms with Gasteiger partial charge < -0.3 is 77.0 Å². The van der Waals surface area contributed by atoms with Crippen molar-refractivity contribution in [3.05, 3.63) is 43.7 Å². The largest absolute Gasteiger partial charge is 0.394 e. The molecule has 4 atom stereocenters. The predicted octanol–water partition coefficient (Wildman–Crippen LogP) is -1.70. The summed E-state index contributed by atoms with van der Waals surface area (Å²) in [6.07, 6.45) is -5.61. The summed E-state index contributed by atoms with van der Waals surface area (Å²) in [7, 11) is 0. The number of hydrogen-bond acceptors (Lipinski definition) is 15. The van der Waals surface area contributed by atoms with Crippen LogP contribution in [0.25, 0.3) is 0 Å². The second-order valence-electron chi connectivity index (χ2n) is 12.4. The van der Waals surface area contributed by atoms with E-state index < -0.39 is 113 Å². The highest BCUT2D eigenvalue weighted by atomic mass is 127. The number of hydrogen-bond donors (Lipinski definition) is 13. The van der Waals surface area contributed by atoms with Crippen LogP contribution in [0.1, 0.15) is 48.4 Å². The molecule has 21 nitrogen and oxygen atoms in total. The van der Waals surface area contributed by atoms with Crippen molar-refractivity contribution in [2.24, 2.45) is 0 Å². The molecule has 0 saturated heterocycles. The Balaban J connectivity index is 2.65. The molecule has 0 spiro atoms. The number of rotatable bonds is 21. The van der Waals surface area contributed by atoms with Crippen molar-refractivity contribution >= 4 is 182 Å². The SMILES string of the molecule is CC(=O)N(CC(O)CNC(=O)c1c(I)c(NC(=O)CO)c(I)c(C(=O)N(CO)CC(O)CO)c1I)c1c(I)c(C(=O)NCC(O)CO)c(I)c(C(=O)NCC(O)CO)c1I. The third-order valence-corrected chi connectivity index (χ3v) is 14.4. The molecule has 0 saturated carbocycles. The fraction of sp³-hybridized carbons (Fsp3) is 0.455. The average Bonchev–Trinajstić information content (AvgIpc) is 3.20. The maximum absolute atomic E-state index is 13.9. The van der Waals surface area contributed by atoms with E-state index in [2.05, 4.69) is 21.3 Å². The van der Waals surface area contributed by atoms with Gasteiger partial charge in [-0.2, -0.15) is 0 Å². The first-order valence-corrected chi connectivity index (χ1v) is 23.5. The zero-order valence-electron chi connectivity index (χ0n) is 31.0. The maximum atomic E-state index is 13.9. The van der Waals surface area contributed by atoms with Gasteiger partial charge in [-0.1, -0.05) is 0 Å². The van der Waals surface area contributed by atoms with Crippen molar-refractivity contribution in [2.75, 3.05) is 76.1 Å². The lowest BCUT2D eigenvalue weighted by Gasteiger charge is -2.29. The zero-order valence-corrected chi connectivity index (χ0v) is 44.0. The minimum absolute atomic E-state index is 0.00381. The van der Waals surface area contributed by atoms with Gasteiger partial charge in [-0.25, -0.2) is 0 Å². The van der Waals surface area contributed by atoms with Crippen LogP contribution >= 0.6 is 136 Å². The number of benzene rings is 2. The number of carbonyl (C=O) groups is 6. The molecule has 2 aromatic carbocycles. The van der Waals surface area contributed by atoms with Crippen LogP contribution in [0, 0.1) is 21.4 Å². The van der Waals surface area contributed by atoms with Crippen molar-refractivity contribution in [3.63, 3.8) is 0 Å². The van der Waals surface area contributed by atoms with Crippen molar-refractivity contribution in [1.82, 2.24) is 20.9 Å². The Morgan fingerprint density at radius 3 is 1.35 bits per heavy atom. The van der Waals surface area contributed by atoms with E-state index in [0.717, 1.165) is 16.7 Å². The Hall–Kier alpha value is -0.720. The Morgan fingerprint density at radius 2 is 0.950 bits per heavy atom. The van der Waals surface area contributed by atoms with Crippen molar-refractivity contribution < 1.29 is 74.7 Å². The summed E-state index contributed by atoms with van der Waals surface area (Å²) in [5.74, 6) is -4.92. The molecule has 2 aromatic rings. The molecule has 2 rings (SSSR count). The fourth-order valence-corrected chi connectivity index (χ4v) is 14.1. The smallest absolute Gasteiger partial charge is 0.258 e. The number of aliphatic hydroxyl groups excluding tert-OH is 9. The van der Waals surface area contributed by atoms with Crippen molar-refractivity contribution in [2.45, 2.75) is 31.3 Å². The summed E-state index contributed by atoms with van der Waals surface area (Å²) < 4.78 is 0.625. The molecular weight excluding hydrogens is 1480 g/mol. The van der Waals surface area contributed by atoms with Crippen LogP contribution in [-0.4, -0.2) is 177 Å². The minimum atomic E-state index is -1.55. The summed E-state index contributed by atoms with van der Waals surface area (Å²) in [6.45, 7) is -5.09. The Morgan fingerprint density at radius 1 is 0.550 bits per heavy atom. The molecular formula is C33H40I6N6O15. The molecule has 0 radical (unpaired) electrons. The van der Waals surface area contributed by atoms with E-state index in [1.165, 1.54) is 0 Å². The molecule has 60 heavy (non-hydrogen) atoms.